The first kappa shape index (κ1) is 15.8. The Hall–Kier alpha value is -2.07. The number of nitrogens with zero attached hydrogens (tertiary/aromatic N) is 1. The lowest BCUT2D eigenvalue weighted by atomic mass is 10.0. The predicted octanol–water partition coefficient (Wildman–Crippen LogP) is 2.05. The largest absolute Gasteiger partial charge is 0.507 e. The van der Waals surface area contributed by atoms with Crippen molar-refractivity contribution in [3.63, 3.8) is 0 Å². The minimum absolute atomic E-state index is 0.191. The first-order valence-electron chi connectivity index (χ1n) is 8.16. The van der Waals surface area contributed by atoms with Gasteiger partial charge in [-0.15, -0.1) is 0 Å². The molecule has 3 nitrogen and oxygen atoms in total. The number of phenolic OH excluding ortho intramolecular Hbond substituents is 1. The van der Waals surface area contributed by atoms with Crippen LogP contribution in [0.5, 0.6) is 5.75 Å². The van der Waals surface area contributed by atoms with E-state index in [2.05, 4.69) is 17.9 Å². The van der Waals surface area contributed by atoms with Gasteiger partial charge in [0.25, 0.3) is 0 Å². The Labute approximate surface area is 137 Å². The molecule has 23 heavy (non-hydrogen) atoms. The summed E-state index contributed by atoms with van der Waals surface area (Å²) in [6.45, 7) is 8.89. The highest BCUT2D eigenvalue weighted by Gasteiger charge is 2.21. The van der Waals surface area contributed by atoms with E-state index in [1.807, 2.05) is 25.1 Å². The molecule has 0 saturated carbocycles. The molecule has 122 valence electrons. The van der Waals surface area contributed by atoms with E-state index in [0.29, 0.717) is 5.75 Å². The average Bonchev–Trinajstić information content (AvgIpc) is 2.54. The van der Waals surface area contributed by atoms with Gasteiger partial charge >= 0.3 is 0 Å². The number of aryl methyl sites for hydroxylation is 2. The van der Waals surface area contributed by atoms with Gasteiger partial charge in [0.05, 0.1) is 26.2 Å². The summed E-state index contributed by atoms with van der Waals surface area (Å²) < 4.78 is 13.0. The molecule has 2 aromatic rings. The van der Waals surface area contributed by atoms with E-state index < -0.39 is 0 Å². The molecular weight excluding hydrogens is 291 g/mol. The third-order valence-electron chi connectivity index (χ3n) is 4.80. The highest BCUT2D eigenvalue weighted by Crippen LogP contribution is 2.21. The van der Waals surface area contributed by atoms with Gasteiger partial charge in [-0.1, -0.05) is 0 Å². The quantitative estimate of drug-likeness (QED) is 0.907. The number of hydrogen-bond acceptors (Lipinski definition) is 2. The Bertz CT molecular complexity index is 677. The van der Waals surface area contributed by atoms with Crippen molar-refractivity contribution < 1.29 is 14.4 Å². The number of benzene rings is 2. The average molecular weight is 315 g/mol. The minimum atomic E-state index is -0.191. The zero-order valence-corrected chi connectivity index (χ0v) is 13.8. The molecule has 2 aromatic carbocycles. The number of hydrogen-bond donors (Lipinski definition) is 2. The molecule has 2 N–H and O–H groups in total. The Morgan fingerprint density at radius 3 is 2.30 bits per heavy atom. The first-order chi connectivity index (χ1) is 11.0. The van der Waals surface area contributed by atoms with Crippen molar-refractivity contribution in [1.29, 1.82) is 0 Å². The molecular formula is C19H24FN2O+. The fraction of sp³-hybridized carbons (Fsp3) is 0.368. The molecule has 0 amide bonds. The fourth-order valence-electron chi connectivity index (χ4n) is 3.18. The van der Waals surface area contributed by atoms with Gasteiger partial charge in [-0.2, -0.15) is 0 Å². The van der Waals surface area contributed by atoms with Gasteiger partial charge in [0.15, 0.2) is 0 Å². The second-order valence-electron chi connectivity index (χ2n) is 6.46. The lowest BCUT2D eigenvalue weighted by Crippen LogP contribution is -3.13. The van der Waals surface area contributed by atoms with Gasteiger partial charge in [-0.3, -0.25) is 0 Å². The highest BCUT2D eigenvalue weighted by atomic mass is 19.1. The Morgan fingerprint density at radius 1 is 1.04 bits per heavy atom. The third kappa shape index (κ3) is 3.64. The lowest BCUT2D eigenvalue weighted by Gasteiger charge is -2.33. The maximum atomic E-state index is 13.0. The number of quaternary nitrogens is 1. The summed E-state index contributed by atoms with van der Waals surface area (Å²) in [5.41, 5.74) is 4.46. The van der Waals surface area contributed by atoms with E-state index in [0.717, 1.165) is 49.5 Å². The van der Waals surface area contributed by atoms with Crippen molar-refractivity contribution in [3.05, 3.63) is 58.9 Å². The van der Waals surface area contributed by atoms with Crippen LogP contribution in [0.3, 0.4) is 0 Å². The number of nitrogens with one attached hydrogen (secondary N) is 1. The molecule has 0 unspecified atom stereocenters. The topological polar surface area (TPSA) is 27.9 Å². The molecule has 0 radical (unpaired) electrons. The molecule has 0 bridgehead atoms. The summed E-state index contributed by atoms with van der Waals surface area (Å²) in [5, 5.41) is 10.1. The van der Waals surface area contributed by atoms with E-state index in [4.69, 9.17) is 0 Å². The van der Waals surface area contributed by atoms with Crippen LogP contribution in [0.2, 0.25) is 0 Å². The van der Waals surface area contributed by atoms with Gasteiger partial charge in [0.1, 0.15) is 18.1 Å². The molecule has 0 spiro atoms. The smallest absolute Gasteiger partial charge is 0.124 e. The second-order valence-corrected chi connectivity index (χ2v) is 6.46. The molecule has 0 aromatic heterocycles. The van der Waals surface area contributed by atoms with Crippen LogP contribution < -0.4 is 9.80 Å². The van der Waals surface area contributed by atoms with Crippen LogP contribution in [-0.4, -0.2) is 31.3 Å². The lowest BCUT2D eigenvalue weighted by molar-refractivity contribution is -0.914. The zero-order valence-electron chi connectivity index (χ0n) is 13.8. The molecule has 3 rings (SSSR count). The van der Waals surface area contributed by atoms with Gasteiger partial charge in [-0.25, -0.2) is 4.39 Å². The third-order valence-corrected chi connectivity index (χ3v) is 4.80. The van der Waals surface area contributed by atoms with Crippen LogP contribution in [0.1, 0.15) is 16.7 Å². The SMILES string of the molecule is Cc1cc(O)c(C[NH+]2CCN(c3ccc(F)cc3)CC2)cc1C. The molecule has 0 atom stereocenters. The molecule has 1 aliphatic heterocycles. The van der Waals surface area contributed by atoms with Crippen LogP contribution in [0.15, 0.2) is 36.4 Å². The number of piperazine rings is 1. The highest BCUT2D eigenvalue weighted by molar-refractivity contribution is 5.46. The number of phenols is 1. The molecule has 1 saturated heterocycles. The van der Waals surface area contributed by atoms with E-state index in [9.17, 15) is 9.50 Å². The number of aromatic hydroxyl groups is 1. The molecule has 4 heteroatoms. The summed E-state index contributed by atoms with van der Waals surface area (Å²) in [4.78, 5) is 3.77. The fourth-order valence-corrected chi connectivity index (χ4v) is 3.18. The van der Waals surface area contributed by atoms with Crippen molar-refractivity contribution >= 4 is 5.69 Å². The van der Waals surface area contributed by atoms with Crippen LogP contribution in [0, 0.1) is 19.7 Å². The maximum absolute atomic E-state index is 13.0. The molecule has 1 aliphatic rings. The van der Waals surface area contributed by atoms with Crippen LogP contribution >= 0.6 is 0 Å². The van der Waals surface area contributed by atoms with Gasteiger partial charge < -0.3 is 14.9 Å². The summed E-state index contributed by atoms with van der Waals surface area (Å²) in [5.74, 6) is 0.213. The van der Waals surface area contributed by atoms with Crippen LogP contribution in [0.25, 0.3) is 0 Å². The first-order valence-corrected chi connectivity index (χ1v) is 8.16. The van der Waals surface area contributed by atoms with Crippen molar-refractivity contribution in [2.75, 3.05) is 31.1 Å². The second kappa shape index (κ2) is 6.59. The Balaban J connectivity index is 1.61. The zero-order chi connectivity index (χ0) is 16.4. The van der Waals surface area contributed by atoms with E-state index in [-0.39, 0.29) is 5.82 Å². The Kier molecular flexibility index (Phi) is 4.53. The Morgan fingerprint density at radius 2 is 1.65 bits per heavy atom. The van der Waals surface area contributed by atoms with Crippen molar-refractivity contribution in [3.8, 4) is 5.75 Å². The summed E-state index contributed by atoms with van der Waals surface area (Å²) in [7, 11) is 0. The summed E-state index contributed by atoms with van der Waals surface area (Å²) in [6, 6.07) is 10.7. The predicted molar refractivity (Wildman–Crippen MR) is 90.6 cm³/mol. The van der Waals surface area contributed by atoms with Crippen molar-refractivity contribution in [2.45, 2.75) is 20.4 Å². The van der Waals surface area contributed by atoms with Gasteiger partial charge in [0, 0.05) is 11.3 Å². The maximum Gasteiger partial charge on any atom is 0.124 e. The van der Waals surface area contributed by atoms with E-state index in [1.54, 1.807) is 0 Å². The monoisotopic (exact) mass is 315 g/mol. The van der Waals surface area contributed by atoms with Crippen LogP contribution in [0.4, 0.5) is 10.1 Å². The van der Waals surface area contributed by atoms with E-state index in [1.165, 1.54) is 22.6 Å². The van der Waals surface area contributed by atoms with E-state index >= 15 is 0 Å². The number of rotatable bonds is 3. The van der Waals surface area contributed by atoms with Gasteiger partial charge in [-0.05, 0) is 61.4 Å². The summed E-state index contributed by atoms with van der Waals surface area (Å²) >= 11 is 0. The van der Waals surface area contributed by atoms with Crippen molar-refractivity contribution in [1.82, 2.24) is 0 Å². The standard InChI is InChI=1S/C19H23FN2O/c1-14-11-16(19(23)12-15(14)2)13-21-7-9-22(10-8-21)18-5-3-17(20)4-6-18/h3-6,11-12,23H,7-10,13H2,1-2H3/p+1. The van der Waals surface area contributed by atoms with Gasteiger partial charge in [0.2, 0.25) is 0 Å². The summed E-state index contributed by atoms with van der Waals surface area (Å²) in [6.07, 6.45) is 0. The normalized spacial score (nSPS) is 15.9. The molecule has 0 aliphatic carbocycles. The number of halogens is 1. The van der Waals surface area contributed by atoms with Crippen LogP contribution in [-0.2, 0) is 6.54 Å². The molecule has 1 heterocycles. The number of anilines is 1. The van der Waals surface area contributed by atoms with Crippen molar-refractivity contribution in [2.24, 2.45) is 0 Å². The molecule has 1 fully saturated rings. The minimum Gasteiger partial charge on any atom is -0.507 e.